The summed E-state index contributed by atoms with van der Waals surface area (Å²) in [4.78, 5) is 25.4. The number of nitrogens with zero attached hydrogens (tertiary/aromatic N) is 3. The zero-order chi connectivity index (χ0) is 20.3. The Hall–Kier alpha value is -3.48. The minimum absolute atomic E-state index is 0.153. The van der Waals surface area contributed by atoms with Crippen LogP contribution in [0, 0.1) is 0 Å². The van der Waals surface area contributed by atoms with E-state index < -0.39 is 5.91 Å². The van der Waals surface area contributed by atoms with Crippen molar-refractivity contribution < 1.29 is 9.53 Å². The minimum atomic E-state index is -0.486. The molecule has 0 saturated carbocycles. The monoisotopic (exact) mass is 378 g/mol. The summed E-state index contributed by atoms with van der Waals surface area (Å²) in [6, 6.07) is 14.2. The Labute approximate surface area is 162 Å². The molecule has 0 unspecified atom stereocenters. The molecule has 0 fully saturated rings. The maximum absolute atomic E-state index is 12.8. The average Bonchev–Trinajstić information content (AvgIpc) is 2.71. The molecule has 0 aliphatic heterocycles. The third-order valence-electron chi connectivity index (χ3n) is 4.35. The predicted molar refractivity (Wildman–Crippen MR) is 109 cm³/mol. The lowest BCUT2D eigenvalue weighted by Gasteiger charge is -2.13. The fourth-order valence-electron chi connectivity index (χ4n) is 2.92. The molecule has 2 aromatic carbocycles. The van der Waals surface area contributed by atoms with Gasteiger partial charge in [0, 0.05) is 10.9 Å². The van der Waals surface area contributed by atoms with Crippen LogP contribution in [-0.2, 0) is 0 Å². The topological polar surface area (TPSA) is 85.6 Å². The molecule has 3 aromatic rings. The van der Waals surface area contributed by atoms with E-state index >= 15 is 0 Å². The van der Waals surface area contributed by atoms with Gasteiger partial charge in [-0.15, -0.1) is 0 Å². The molecule has 1 amide bonds. The third kappa shape index (κ3) is 3.64. The maximum Gasteiger partial charge on any atom is 0.292 e. The van der Waals surface area contributed by atoms with Crippen molar-refractivity contribution in [3.63, 3.8) is 0 Å². The maximum atomic E-state index is 12.8. The molecule has 1 aromatic heterocycles. The van der Waals surface area contributed by atoms with Crippen molar-refractivity contribution in [2.75, 3.05) is 7.11 Å². The van der Waals surface area contributed by atoms with Crippen molar-refractivity contribution in [1.82, 2.24) is 15.2 Å². The Morgan fingerprint density at radius 1 is 1.11 bits per heavy atom. The zero-order valence-corrected chi connectivity index (χ0v) is 16.3. The van der Waals surface area contributed by atoms with E-state index in [0.29, 0.717) is 22.2 Å². The van der Waals surface area contributed by atoms with E-state index in [1.165, 1.54) is 4.68 Å². The van der Waals surface area contributed by atoms with Crippen LogP contribution in [0.1, 0.15) is 42.9 Å². The van der Waals surface area contributed by atoms with E-state index in [2.05, 4.69) is 15.6 Å². The van der Waals surface area contributed by atoms with Gasteiger partial charge in [0.1, 0.15) is 5.75 Å². The number of methoxy groups -OCH3 is 1. The third-order valence-corrected chi connectivity index (χ3v) is 4.35. The Kier molecular flexibility index (Phi) is 5.54. The average molecular weight is 378 g/mol. The van der Waals surface area contributed by atoms with Gasteiger partial charge in [-0.3, -0.25) is 9.59 Å². The number of aromatic nitrogens is 2. The number of nitrogens with one attached hydrogen (secondary N) is 1. The Morgan fingerprint density at radius 2 is 1.75 bits per heavy atom. The first-order valence-corrected chi connectivity index (χ1v) is 8.93. The van der Waals surface area contributed by atoms with Gasteiger partial charge in [-0.2, -0.15) is 10.2 Å². The molecule has 0 aliphatic rings. The highest BCUT2D eigenvalue weighted by atomic mass is 16.5. The molecule has 7 nitrogen and oxygen atoms in total. The number of rotatable bonds is 5. The van der Waals surface area contributed by atoms with Gasteiger partial charge in [0.25, 0.3) is 11.5 Å². The summed E-state index contributed by atoms with van der Waals surface area (Å²) in [5, 5.41) is 9.41. The summed E-state index contributed by atoms with van der Waals surface area (Å²) in [6.45, 7) is 5.46. The molecule has 28 heavy (non-hydrogen) atoms. The second-order valence-corrected chi connectivity index (χ2v) is 6.58. The van der Waals surface area contributed by atoms with Crippen LogP contribution in [0.25, 0.3) is 10.8 Å². The molecule has 0 saturated heterocycles. The van der Waals surface area contributed by atoms with E-state index in [0.717, 1.165) is 5.56 Å². The first-order valence-electron chi connectivity index (χ1n) is 8.93. The van der Waals surface area contributed by atoms with Crippen molar-refractivity contribution in [3.05, 3.63) is 70.1 Å². The summed E-state index contributed by atoms with van der Waals surface area (Å²) in [7, 11) is 1.58. The number of hydrazone groups is 1. The second-order valence-electron chi connectivity index (χ2n) is 6.58. The molecule has 1 heterocycles. The second kappa shape index (κ2) is 8.04. The number of benzene rings is 2. The van der Waals surface area contributed by atoms with E-state index in [4.69, 9.17) is 4.74 Å². The highest BCUT2D eigenvalue weighted by Gasteiger charge is 2.17. The molecule has 3 rings (SSSR count). The highest BCUT2D eigenvalue weighted by Crippen LogP contribution is 2.18. The van der Waals surface area contributed by atoms with Crippen molar-refractivity contribution in [2.45, 2.75) is 26.8 Å². The summed E-state index contributed by atoms with van der Waals surface area (Å²) in [6.07, 6.45) is 0. The summed E-state index contributed by atoms with van der Waals surface area (Å²) in [5.74, 6) is 0.176. The molecular weight excluding hydrogens is 356 g/mol. The van der Waals surface area contributed by atoms with Crippen LogP contribution in [0.4, 0.5) is 0 Å². The van der Waals surface area contributed by atoms with Crippen molar-refractivity contribution in [1.29, 1.82) is 0 Å². The Morgan fingerprint density at radius 3 is 2.43 bits per heavy atom. The zero-order valence-electron chi connectivity index (χ0n) is 16.3. The van der Waals surface area contributed by atoms with E-state index in [9.17, 15) is 9.59 Å². The van der Waals surface area contributed by atoms with Gasteiger partial charge >= 0.3 is 0 Å². The first-order chi connectivity index (χ1) is 13.4. The van der Waals surface area contributed by atoms with Gasteiger partial charge in [0.05, 0.1) is 24.2 Å². The van der Waals surface area contributed by atoms with Crippen LogP contribution in [0.15, 0.2) is 58.4 Å². The normalized spacial score (nSPS) is 11.7. The molecule has 0 aliphatic carbocycles. The van der Waals surface area contributed by atoms with Crippen LogP contribution in [0.3, 0.4) is 0 Å². The van der Waals surface area contributed by atoms with Crippen LogP contribution in [0.2, 0.25) is 0 Å². The molecule has 0 radical (unpaired) electrons. The van der Waals surface area contributed by atoms with Crippen molar-refractivity contribution in [3.8, 4) is 5.75 Å². The summed E-state index contributed by atoms with van der Waals surface area (Å²) >= 11 is 0. The standard InChI is InChI=1S/C21H22N4O3/c1-13(2)25-21(27)17-11-6-5-10-16(17)19(24-25)20(26)23-22-14(3)15-9-7-8-12-18(15)28-4/h5-13H,1-4H3,(H,23,26)/b22-14-. The molecular formula is C21H22N4O3. The fraction of sp³-hybridized carbons (Fsp3) is 0.238. The molecule has 1 N–H and O–H groups in total. The quantitative estimate of drug-likeness (QED) is 0.546. The molecule has 0 atom stereocenters. The Bertz CT molecular complexity index is 1120. The van der Waals surface area contributed by atoms with Crippen LogP contribution < -0.4 is 15.7 Å². The van der Waals surface area contributed by atoms with Gasteiger partial charge in [0.2, 0.25) is 0 Å². The number of amides is 1. The number of hydrogen-bond acceptors (Lipinski definition) is 5. The lowest BCUT2D eigenvalue weighted by atomic mass is 10.1. The lowest BCUT2D eigenvalue weighted by molar-refractivity contribution is 0.0949. The number of para-hydroxylation sites is 1. The number of carbonyl (C=O) groups excluding carboxylic acids is 1. The van der Waals surface area contributed by atoms with Crippen LogP contribution >= 0.6 is 0 Å². The fourth-order valence-corrected chi connectivity index (χ4v) is 2.92. The molecule has 144 valence electrons. The lowest BCUT2D eigenvalue weighted by Crippen LogP contribution is -2.30. The highest BCUT2D eigenvalue weighted by molar-refractivity contribution is 6.06. The number of hydrogen-bond donors (Lipinski definition) is 1. The van der Waals surface area contributed by atoms with Crippen LogP contribution in [-0.4, -0.2) is 28.5 Å². The Balaban J connectivity index is 2.00. The van der Waals surface area contributed by atoms with Gasteiger partial charge in [0.15, 0.2) is 5.69 Å². The number of fused-ring (bicyclic) bond motifs is 1. The molecule has 0 bridgehead atoms. The van der Waals surface area contributed by atoms with E-state index in [-0.39, 0.29) is 17.3 Å². The van der Waals surface area contributed by atoms with Gasteiger partial charge < -0.3 is 4.74 Å². The van der Waals surface area contributed by atoms with Crippen molar-refractivity contribution in [2.24, 2.45) is 5.10 Å². The molecule has 0 spiro atoms. The largest absolute Gasteiger partial charge is 0.496 e. The van der Waals surface area contributed by atoms with E-state index in [1.54, 1.807) is 38.3 Å². The summed E-state index contributed by atoms with van der Waals surface area (Å²) in [5.41, 5.74) is 3.83. The van der Waals surface area contributed by atoms with Gasteiger partial charge in [-0.05, 0) is 39.0 Å². The van der Waals surface area contributed by atoms with Gasteiger partial charge in [-0.25, -0.2) is 10.1 Å². The minimum Gasteiger partial charge on any atom is -0.496 e. The van der Waals surface area contributed by atoms with E-state index in [1.807, 2.05) is 38.1 Å². The van der Waals surface area contributed by atoms with Crippen molar-refractivity contribution >= 4 is 22.4 Å². The predicted octanol–water partition coefficient (Wildman–Crippen LogP) is 3.14. The number of carbonyl (C=O) groups is 1. The van der Waals surface area contributed by atoms with Crippen LogP contribution in [0.5, 0.6) is 5.75 Å². The molecule has 7 heteroatoms. The van der Waals surface area contributed by atoms with Gasteiger partial charge in [-0.1, -0.05) is 30.3 Å². The summed E-state index contributed by atoms with van der Waals surface area (Å²) < 4.78 is 6.64. The number of ether oxygens (including phenoxy) is 1. The smallest absolute Gasteiger partial charge is 0.292 e. The SMILES string of the molecule is COc1ccccc1/C(C)=N\NC(=O)c1nn(C(C)C)c(=O)c2ccccc12. The first kappa shape index (κ1) is 19.3.